The Bertz CT molecular complexity index is 517. The van der Waals surface area contributed by atoms with E-state index in [1.54, 1.807) is 12.1 Å². The Morgan fingerprint density at radius 1 is 1.43 bits per heavy atom. The fraction of sp³-hybridized carbons (Fsp3) is 0.462. The number of nitrogens with one attached hydrogen (secondary N) is 1. The number of rotatable bonds is 6. The Labute approximate surface area is 123 Å². The summed E-state index contributed by atoms with van der Waals surface area (Å²) in [5.74, 6) is 4.87. The first-order chi connectivity index (χ1) is 9.90. The molecule has 0 aliphatic rings. The van der Waals surface area contributed by atoms with Crippen molar-refractivity contribution >= 4 is 17.2 Å². The van der Waals surface area contributed by atoms with Crippen LogP contribution in [0.1, 0.15) is 16.2 Å². The minimum Gasteiger partial charge on any atom is -0.384 e. The summed E-state index contributed by atoms with van der Waals surface area (Å²) in [5, 5.41) is 11.1. The molecule has 0 unspecified atom stereocenters. The highest BCUT2D eigenvalue weighted by Gasteiger charge is 2.27. The van der Waals surface area contributed by atoms with E-state index in [1.165, 1.54) is 11.3 Å². The summed E-state index contributed by atoms with van der Waals surface area (Å²) >= 11 is 1.37. The summed E-state index contributed by atoms with van der Waals surface area (Å²) in [6.07, 6.45) is -4.50. The third-order valence-electron chi connectivity index (χ3n) is 2.15. The number of amides is 1. The zero-order valence-electron chi connectivity index (χ0n) is 11.0. The molecule has 2 N–H and O–H groups in total. The van der Waals surface area contributed by atoms with Gasteiger partial charge in [0.15, 0.2) is 0 Å². The van der Waals surface area contributed by atoms with Gasteiger partial charge in [0.2, 0.25) is 5.91 Å². The Hall–Kier alpha value is -1.56. The van der Waals surface area contributed by atoms with Crippen molar-refractivity contribution in [2.45, 2.75) is 19.1 Å². The number of aliphatic hydroxyl groups excluding tert-OH is 1. The van der Waals surface area contributed by atoms with Gasteiger partial charge in [0.1, 0.15) is 13.2 Å². The monoisotopic (exact) mass is 321 g/mol. The summed E-state index contributed by atoms with van der Waals surface area (Å²) < 4.78 is 39.7. The lowest BCUT2D eigenvalue weighted by Gasteiger charge is -2.07. The molecule has 0 aliphatic carbocycles. The fourth-order valence-electron chi connectivity index (χ4n) is 1.29. The van der Waals surface area contributed by atoms with Gasteiger partial charge < -0.3 is 15.2 Å². The van der Waals surface area contributed by atoms with Gasteiger partial charge in [0.25, 0.3) is 0 Å². The molecule has 1 aromatic heterocycles. The maximum Gasteiger partial charge on any atom is 0.411 e. The topological polar surface area (TPSA) is 58.6 Å². The van der Waals surface area contributed by atoms with Crippen LogP contribution >= 0.6 is 11.3 Å². The molecule has 21 heavy (non-hydrogen) atoms. The van der Waals surface area contributed by atoms with Gasteiger partial charge in [-0.05, 0) is 12.1 Å². The van der Waals surface area contributed by atoms with Crippen molar-refractivity contribution in [3.63, 3.8) is 0 Å². The highest BCUT2D eigenvalue weighted by molar-refractivity contribution is 7.12. The maximum atomic E-state index is 11.8. The zero-order chi connectivity index (χ0) is 15.7. The first kappa shape index (κ1) is 17.5. The summed E-state index contributed by atoms with van der Waals surface area (Å²) in [4.78, 5) is 13.0. The summed E-state index contributed by atoms with van der Waals surface area (Å²) in [5.41, 5.74) is 0. The molecule has 0 saturated carbocycles. The predicted octanol–water partition coefficient (Wildman–Crippen LogP) is 1.68. The second-order valence-corrected chi connectivity index (χ2v) is 5.09. The molecule has 4 nitrogen and oxygen atoms in total. The second-order valence-electron chi connectivity index (χ2n) is 3.92. The molecule has 8 heteroatoms. The van der Waals surface area contributed by atoms with E-state index in [2.05, 4.69) is 21.9 Å². The van der Waals surface area contributed by atoms with E-state index >= 15 is 0 Å². The highest BCUT2D eigenvalue weighted by Crippen LogP contribution is 2.15. The van der Waals surface area contributed by atoms with Crippen LogP contribution < -0.4 is 5.32 Å². The average Bonchev–Trinajstić information content (AvgIpc) is 2.86. The van der Waals surface area contributed by atoms with Gasteiger partial charge in [-0.3, -0.25) is 4.79 Å². The van der Waals surface area contributed by atoms with Gasteiger partial charge in [0, 0.05) is 11.3 Å². The second kappa shape index (κ2) is 8.67. The lowest BCUT2D eigenvalue weighted by molar-refractivity contribution is -0.174. The minimum absolute atomic E-state index is 0.126. The third kappa shape index (κ3) is 8.34. The molecular formula is C13H14F3NO3S. The Morgan fingerprint density at radius 2 is 2.19 bits per heavy atom. The Balaban J connectivity index is 2.22. The number of carbonyl (C=O) groups excluding carboxylic acids is 1. The number of alkyl halides is 3. The molecule has 0 spiro atoms. The van der Waals surface area contributed by atoms with Crippen LogP contribution in [0.4, 0.5) is 13.2 Å². The smallest absolute Gasteiger partial charge is 0.384 e. The molecule has 0 bridgehead atoms. The van der Waals surface area contributed by atoms with E-state index in [1.807, 2.05) is 0 Å². The van der Waals surface area contributed by atoms with Crippen LogP contribution in [-0.4, -0.2) is 37.0 Å². The first-order valence-electron chi connectivity index (χ1n) is 6.00. The number of halogens is 3. The number of aliphatic hydroxyl groups is 1. The summed E-state index contributed by atoms with van der Waals surface area (Å²) in [6.45, 7) is -1.56. The predicted molar refractivity (Wildman–Crippen MR) is 71.6 cm³/mol. The Morgan fingerprint density at radius 3 is 2.86 bits per heavy atom. The van der Waals surface area contributed by atoms with Crippen LogP contribution in [-0.2, 0) is 16.1 Å². The van der Waals surface area contributed by atoms with Crippen LogP contribution in [0.3, 0.4) is 0 Å². The van der Waals surface area contributed by atoms with Crippen molar-refractivity contribution in [3.8, 4) is 11.8 Å². The summed E-state index contributed by atoms with van der Waals surface area (Å²) in [6, 6.07) is 3.55. The lowest BCUT2D eigenvalue weighted by Crippen LogP contribution is -2.25. The van der Waals surface area contributed by atoms with E-state index in [9.17, 15) is 18.0 Å². The van der Waals surface area contributed by atoms with Crippen LogP contribution in [0.25, 0.3) is 0 Å². The normalized spacial score (nSPS) is 10.9. The number of hydrogen-bond acceptors (Lipinski definition) is 4. The van der Waals surface area contributed by atoms with Crippen molar-refractivity contribution in [2.24, 2.45) is 0 Å². The Kier molecular flexibility index (Phi) is 7.22. The number of carbonyl (C=O) groups is 1. The molecule has 0 fully saturated rings. The molecule has 1 aromatic rings. The standard InChI is InChI=1S/C13H14F3NO3S/c14-13(15,16)9-20-7-5-12(19)17-8-11-4-3-10(21-11)2-1-6-18/h3-4,18H,5-9H2,(H,17,19). The number of thiophene rings is 1. The van der Waals surface area contributed by atoms with E-state index in [4.69, 9.17) is 5.11 Å². The van der Waals surface area contributed by atoms with Crippen molar-refractivity contribution < 1.29 is 27.8 Å². The van der Waals surface area contributed by atoms with Gasteiger partial charge in [-0.2, -0.15) is 13.2 Å². The van der Waals surface area contributed by atoms with Crippen LogP contribution in [0.15, 0.2) is 12.1 Å². The molecule has 1 amide bonds. The minimum atomic E-state index is -4.38. The highest BCUT2D eigenvalue weighted by atomic mass is 32.1. The maximum absolute atomic E-state index is 11.8. The van der Waals surface area contributed by atoms with E-state index in [0.717, 1.165) is 9.75 Å². The van der Waals surface area contributed by atoms with Gasteiger partial charge in [0.05, 0.1) is 18.0 Å². The molecule has 1 heterocycles. The van der Waals surface area contributed by atoms with Crippen LogP contribution in [0, 0.1) is 11.8 Å². The molecule has 116 valence electrons. The first-order valence-corrected chi connectivity index (χ1v) is 6.82. The van der Waals surface area contributed by atoms with E-state index < -0.39 is 12.8 Å². The van der Waals surface area contributed by atoms with Crippen molar-refractivity contribution in [2.75, 3.05) is 19.8 Å². The molecule has 0 aromatic carbocycles. The van der Waals surface area contributed by atoms with Gasteiger partial charge in [-0.15, -0.1) is 11.3 Å². The molecular weight excluding hydrogens is 307 g/mol. The van der Waals surface area contributed by atoms with Crippen molar-refractivity contribution in [1.29, 1.82) is 0 Å². The zero-order valence-corrected chi connectivity index (χ0v) is 11.8. The third-order valence-corrected chi connectivity index (χ3v) is 3.15. The molecule has 0 radical (unpaired) electrons. The van der Waals surface area contributed by atoms with Crippen LogP contribution in [0.2, 0.25) is 0 Å². The number of hydrogen-bond donors (Lipinski definition) is 2. The fourth-order valence-corrected chi connectivity index (χ4v) is 2.12. The average molecular weight is 321 g/mol. The van der Waals surface area contributed by atoms with Gasteiger partial charge in [-0.25, -0.2) is 0 Å². The van der Waals surface area contributed by atoms with E-state index in [-0.39, 0.29) is 32.1 Å². The molecule has 0 atom stereocenters. The lowest BCUT2D eigenvalue weighted by atomic mass is 10.4. The van der Waals surface area contributed by atoms with Gasteiger partial charge >= 0.3 is 6.18 Å². The van der Waals surface area contributed by atoms with Crippen molar-refractivity contribution in [1.82, 2.24) is 5.32 Å². The number of ether oxygens (including phenoxy) is 1. The molecule has 0 aliphatic heterocycles. The van der Waals surface area contributed by atoms with E-state index in [0.29, 0.717) is 0 Å². The SMILES string of the molecule is O=C(CCOCC(F)(F)F)NCc1ccc(C#CCO)s1. The molecule has 1 rings (SSSR count). The van der Waals surface area contributed by atoms with Crippen molar-refractivity contribution in [3.05, 3.63) is 21.9 Å². The largest absolute Gasteiger partial charge is 0.411 e. The summed E-state index contributed by atoms with van der Waals surface area (Å²) in [7, 11) is 0. The van der Waals surface area contributed by atoms with Crippen LogP contribution in [0.5, 0.6) is 0 Å². The quantitative estimate of drug-likeness (QED) is 0.619. The molecule has 0 saturated heterocycles. The van der Waals surface area contributed by atoms with Gasteiger partial charge in [-0.1, -0.05) is 11.8 Å².